The van der Waals surface area contributed by atoms with Crippen LogP contribution in [-0.2, 0) is 4.79 Å². The molecule has 52 valence electrons. The normalized spacial score (nSPS) is 11.4. The Hall–Kier alpha value is -1.49. The number of rotatable bonds is 2. The van der Waals surface area contributed by atoms with Crippen LogP contribution in [0.4, 0.5) is 0 Å². The van der Waals surface area contributed by atoms with Gasteiger partial charge in [0.15, 0.2) is 0 Å². The Balaban J connectivity index is 4.30. The van der Waals surface area contributed by atoms with E-state index in [1.807, 2.05) is 0 Å². The zero-order valence-corrected chi connectivity index (χ0v) is 5.79. The highest BCUT2D eigenvalue weighted by Crippen LogP contribution is 1.93. The zero-order valence-electron chi connectivity index (χ0n) is 5.79. The molecule has 2 nitrogen and oxygen atoms in total. The predicted molar refractivity (Wildman–Crippen MR) is 40.9 cm³/mol. The smallest absolute Gasteiger partial charge is 0.248 e. The second kappa shape index (κ2) is 4.39. The minimum Gasteiger partial charge on any atom is -0.366 e. The third kappa shape index (κ3) is 2.73. The molecule has 0 heterocycles. The maximum atomic E-state index is 10.5. The fraction of sp³-hybridized carbons (Fsp3) is 0.125. The van der Waals surface area contributed by atoms with Gasteiger partial charge in [-0.15, -0.1) is 6.42 Å². The molecule has 1 amide bonds. The van der Waals surface area contributed by atoms with Crippen molar-refractivity contribution in [2.75, 3.05) is 0 Å². The van der Waals surface area contributed by atoms with Gasteiger partial charge < -0.3 is 5.73 Å². The monoisotopic (exact) mass is 135 g/mol. The second-order valence-electron chi connectivity index (χ2n) is 1.61. The fourth-order valence-corrected chi connectivity index (χ4v) is 0.459. The highest BCUT2D eigenvalue weighted by molar-refractivity contribution is 5.94. The maximum Gasteiger partial charge on any atom is 0.248 e. The Morgan fingerprint density at radius 2 is 2.30 bits per heavy atom. The van der Waals surface area contributed by atoms with Crippen molar-refractivity contribution in [2.45, 2.75) is 6.92 Å². The lowest BCUT2D eigenvalue weighted by Gasteiger charge is -1.89. The quantitative estimate of drug-likeness (QED) is 0.336. The Labute approximate surface area is 60.4 Å². The summed E-state index contributed by atoms with van der Waals surface area (Å²) >= 11 is 0. The van der Waals surface area contributed by atoms with E-state index in [0.29, 0.717) is 5.57 Å². The first-order valence-electron chi connectivity index (χ1n) is 2.81. The molecule has 0 saturated heterocycles. The van der Waals surface area contributed by atoms with Crippen molar-refractivity contribution in [3.8, 4) is 12.3 Å². The third-order valence-corrected chi connectivity index (χ3v) is 0.955. The maximum absolute atomic E-state index is 10.5. The molecule has 2 N–H and O–H groups in total. The van der Waals surface area contributed by atoms with Crippen LogP contribution in [-0.4, -0.2) is 5.91 Å². The van der Waals surface area contributed by atoms with Crippen LogP contribution in [0.2, 0.25) is 0 Å². The van der Waals surface area contributed by atoms with Crippen molar-refractivity contribution in [3.05, 3.63) is 23.8 Å². The summed E-state index contributed by atoms with van der Waals surface area (Å²) in [7, 11) is 0. The Kier molecular flexibility index (Phi) is 3.74. The molecular weight excluding hydrogens is 126 g/mol. The number of hydrogen-bond donors (Lipinski definition) is 1. The average Bonchev–Trinajstić information content (AvgIpc) is 1.89. The minimum absolute atomic E-state index is 0.429. The van der Waals surface area contributed by atoms with E-state index in [4.69, 9.17) is 12.2 Å². The summed E-state index contributed by atoms with van der Waals surface area (Å²) in [6, 6.07) is 0. The van der Waals surface area contributed by atoms with Crippen molar-refractivity contribution in [1.29, 1.82) is 0 Å². The molecular formula is C8H9NO. The third-order valence-electron chi connectivity index (χ3n) is 0.955. The van der Waals surface area contributed by atoms with E-state index in [2.05, 4.69) is 5.92 Å². The molecule has 0 aliphatic heterocycles. The van der Waals surface area contributed by atoms with Crippen LogP contribution in [0.25, 0.3) is 0 Å². The number of carbonyl (C=O) groups is 1. The first-order chi connectivity index (χ1) is 4.72. The summed E-state index contributed by atoms with van der Waals surface area (Å²) in [4.78, 5) is 10.5. The van der Waals surface area contributed by atoms with Gasteiger partial charge in [0.2, 0.25) is 5.91 Å². The van der Waals surface area contributed by atoms with Gasteiger partial charge in [-0.2, -0.15) is 0 Å². The minimum atomic E-state index is -0.464. The van der Waals surface area contributed by atoms with Gasteiger partial charge in [-0.25, -0.2) is 0 Å². The largest absolute Gasteiger partial charge is 0.366 e. The molecule has 10 heavy (non-hydrogen) atoms. The van der Waals surface area contributed by atoms with Crippen molar-refractivity contribution in [2.24, 2.45) is 5.73 Å². The van der Waals surface area contributed by atoms with E-state index in [9.17, 15) is 4.79 Å². The number of terminal acetylenes is 1. The van der Waals surface area contributed by atoms with Crippen molar-refractivity contribution in [1.82, 2.24) is 0 Å². The summed E-state index contributed by atoms with van der Waals surface area (Å²) in [5.41, 5.74) is 5.39. The number of carbonyl (C=O) groups excluding carboxylic acids is 1. The number of allylic oxidation sites excluding steroid dienone is 2. The summed E-state index contributed by atoms with van der Waals surface area (Å²) in [6.07, 6.45) is 9.46. The van der Waals surface area contributed by atoms with E-state index in [1.54, 1.807) is 13.0 Å². The van der Waals surface area contributed by atoms with Gasteiger partial charge in [0, 0.05) is 5.57 Å². The molecule has 0 aliphatic rings. The van der Waals surface area contributed by atoms with Crippen molar-refractivity contribution in [3.63, 3.8) is 0 Å². The molecule has 0 aliphatic carbocycles. The molecule has 0 aromatic carbocycles. The molecule has 2 heteroatoms. The topological polar surface area (TPSA) is 43.1 Å². The molecule has 0 radical (unpaired) electrons. The molecule has 0 aromatic rings. The molecule has 0 unspecified atom stereocenters. The Bertz CT molecular complexity index is 218. The summed E-state index contributed by atoms with van der Waals surface area (Å²) in [6.45, 7) is 1.72. The lowest BCUT2D eigenvalue weighted by molar-refractivity contribution is -0.114. The molecule has 0 saturated carbocycles. The van der Waals surface area contributed by atoms with Crippen LogP contribution in [0.1, 0.15) is 6.92 Å². The van der Waals surface area contributed by atoms with E-state index in [1.165, 1.54) is 12.2 Å². The van der Waals surface area contributed by atoms with E-state index >= 15 is 0 Å². The molecule has 0 fully saturated rings. The van der Waals surface area contributed by atoms with Gasteiger partial charge in [0.05, 0.1) is 0 Å². The highest BCUT2D eigenvalue weighted by Gasteiger charge is 1.95. The van der Waals surface area contributed by atoms with Gasteiger partial charge >= 0.3 is 0 Å². The number of primary amides is 1. The van der Waals surface area contributed by atoms with Crippen LogP contribution >= 0.6 is 0 Å². The Morgan fingerprint density at radius 1 is 1.70 bits per heavy atom. The first-order valence-corrected chi connectivity index (χ1v) is 2.81. The summed E-state index contributed by atoms with van der Waals surface area (Å²) < 4.78 is 0. The highest BCUT2D eigenvalue weighted by atomic mass is 16.1. The molecule has 0 rings (SSSR count). The van der Waals surface area contributed by atoms with Crippen molar-refractivity contribution >= 4 is 5.91 Å². The predicted octanol–water partition coefficient (Wildman–Crippen LogP) is 0.607. The zero-order chi connectivity index (χ0) is 7.98. The number of nitrogens with two attached hydrogens (primary N) is 1. The van der Waals surface area contributed by atoms with Gasteiger partial charge in [-0.1, -0.05) is 12.0 Å². The van der Waals surface area contributed by atoms with Crippen LogP contribution < -0.4 is 5.73 Å². The van der Waals surface area contributed by atoms with Gasteiger partial charge in [-0.05, 0) is 19.1 Å². The molecule has 0 bridgehead atoms. The molecule has 0 atom stereocenters. The van der Waals surface area contributed by atoms with Gasteiger partial charge in [0.25, 0.3) is 0 Å². The fourth-order valence-electron chi connectivity index (χ4n) is 0.459. The summed E-state index contributed by atoms with van der Waals surface area (Å²) in [5.74, 6) is 1.79. The van der Waals surface area contributed by atoms with Crippen LogP contribution in [0.15, 0.2) is 23.8 Å². The van der Waals surface area contributed by atoms with Crippen LogP contribution in [0.5, 0.6) is 0 Å². The van der Waals surface area contributed by atoms with E-state index < -0.39 is 5.91 Å². The van der Waals surface area contributed by atoms with Crippen LogP contribution in [0.3, 0.4) is 0 Å². The van der Waals surface area contributed by atoms with Crippen molar-refractivity contribution < 1.29 is 4.79 Å². The second-order valence-corrected chi connectivity index (χ2v) is 1.61. The first kappa shape index (κ1) is 8.51. The van der Waals surface area contributed by atoms with Crippen LogP contribution in [0, 0.1) is 12.3 Å². The van der Waals surface area contributed by atoms with E-state index in [-0.39, 0.29) is 0 Å². The lowest BCUT2D eigenvalue weighted by atomic mass is 10.2. The average molecular weight is 135 g/mol. The molecule has 0 aromatic heterocycles. The van der Waals surface area contributed by atoms with Gasteiger partial charge in [0.1, 0.15) is 0 Å². The SMILES string of the molecule is C#C/C=C\C(=C/C)C(N)=O. The lowest BCUT2D eigenvalue weighted by Crippen LogP contribution is -2.11. The number of amides is 1. The molecule has 0 spiro atoms. The Morgan fingerprint density at radius 3 is 2.60 bits per heavy atom. The van der Waals surface area contributed by atoms with E-state index in [0.717, 1.165) is 0 Å². The van der Waals surface area contributed by atoms with Gasteiger partial charge in [-0.3, -0.25) is 4.79 Å². The number of hydrogen-bond acceptors (Lipinski definition) is 1. The standard InChI is InChI=1S/C8H9NO/c1-3-5-6-7(4-2)8(9)10/h1,4-6H,2H3,(H2,9,10)/b6-5-,7-4+. The summed E-state index contributed by atoms with van der Waals surface area (Å²) in [5, 5.41) is 0.